The quantitative estimate of drug-likeness (QED) is 0.825. The topological polar surface area (TPSA) is 71.2 Å². The van der Waals surface area contributed by atoms with E-state index < -0.39 is 0 Å². The van der Waals surface area contributed by atoms with E-state index in [0.29, 0.717) is 18.1 Å². The number of likely N-dealkylation sites (N-methyl/N-ethyl adjacent to an activating group) is 1. The number of anilines is 2. The molecule has 1 atom stereocenters. The van der Waals surface area contributed by atoms with Gasteiger partial charge in [-0.3, -0.25) is 4.79 Å². The van der Waals surface area contributed by atoms with Crippen LogP contribution in [0.25, 0.3) is 0 Å². The summed E-state index contributed by atoms with van der Waals surface area (Å²) in [7, 11) is 1.77. The molecule has 5 nitrogen and oxygen atoms in total. The summed E-state index contributed by atoms with van der Waals surface area (Å²) >= 11 is 0. The molecule has 1 amide bonds. The molecule has 3 N–H and O–H groups in total. The molecule has 0 bridgehead atoms. The zero-order chi connectivity index (χ0) is 13.0. The number of amides is 1. The summed E-state index contributed by atoms with van der Waals surface area (Å²) in [6, 6.07) is 3.29. The Labute approximate surface area is 102 Å². The molecule has 0 aromatic carbocycles. The van der Waals surface area contributed by atoms with Crippen molar-refractivity contribution in [2.75, 3.05) is 24.6 Å². The Morgan fingerprint density at radius 1 is 1.59 bits per heavy atom. The van der Waals surface area contributed by atoms with Gasteiger partial charge in [-0.2, -0.15) is 0 Å². The molecule has 0 saturated heterocycles. The second-order valence-corrected chi connectivity index (χ2v) is 4.11. The largest absolute Gasteiger partial charge is 0.396 e. The predicted octanol–water partition coefficient (Wildman–Crippen LogP) is 1.25. The Morgan fingerprint density at radius 3 is 2.82 bits per heavy atom. The summed E-state index contributed by atoms with van der Waals surface area (Å²) in [4.78, 5) is 17.8. The number of aromatic nitrogens is 1. The van der Waals surface area contributed by atoms with Crippen LogP contribution in [0.1, 0.15) is 19.5 Å². The van der Waals surface area contributed by atoms with Gasteiger partial charge in [0.15, 0.2) is 0 Å². The number of carbonyl (C=O) groups excluding carboxylic acids is 1. The number of nitrogens with two attached hydrogens (primary N) is 1. The lowest BCUT2D eigenvalue weighted by Crippen LogP contribution is -2.39. The van der Waals surface area contributed by atoms with Crippen molar-refractivity contribution in [3.63, 3.8) is 0 Å². The van der Waals surface area contributed by atoms with Crippen molar-refractivity contribution in [1.82, 2.24) is 9.88 Å². The first-order chi connectivity index (χ1) is 7.95. The van der Waals surface area contributed by atoms with Gasteiger partial charge in [0.05, 0.1) is 5.69 Å². The van der Waals surface area contributed by atoms with Crippen LogP contribution in [0.2, 0.25) is 0 Å². The van der Waals surface area contributed by atoms with Crippen LogP contribution in [0.5, 0.6) is 0 Å². The number of aryl methyl sites for hydroxylation is 1. The Balaban J connectivity index is 2.77. The van der Waals surface area contributed by atoms with E-state index in [1.165, 1.54) is 0 Å². The van der Waals surface area contributed by atoms with Crippen LogP contribution < -0.4 is 11.1 Å². The van der Waals surface area contributed by atoms with Crippen molar-refractivity contribution in [3.05, 3.63) is 17.8 Å². The molecule has 0 spiro atoms. The number of pyridine rings is 1. The maximum absolute atomic E-state index is 11.9. The third-order valence-electron chi connectivity index (χ3n) is 2.64. The molecule has 0 aliphatic heterocycles. The molecule has 0 fully saturated rings. The second kappa shape index (κ2) is 5.52. The number of hydrogen-bond acceptors (Lipinski definition) is 4. The average molecular weight is 236 g/mol. The van der Waals surface area contributed by atoms with Crippen LogP contribution in [0.4, 0.5) is 11.5 Å². The van der Waals surface area contributed by atoms with Gasteiger partial charge < -0.3 is 16.0 Å². The lowest BCUT2D eigenvalue weighted by Gasteiger charge is -2.21. The lowest BCUT2D eigenvalue weighted by atomic mass is 10.2. The summed E-state index contributed by atoms with van der Waals surface area (Å²) in [5.74, 6) is 0.588. The van der Waals surface area contributed by atoms with Crippen molar-refractivity contribution < 1.29 is 4.79 Å². The first-order valence-corrected chi connectivity index (χ1v) is 5.70. The first kappa shape index (κ1) is 13.3. The molecule has 1 unspecified atom stereocenters. The summed E-state index contributed by atoms with van der Waals surface area (Å²) in [6.45, 7) is 6.30. The van der Waals surface area contributed by atoms with Crippen molar-refractivity contribution in [2.45, 2.75) is 26.8 Å². The number of carbonyl (C=O) groups is 1. The summed E-state index contributed by atoms with van der Waals surface area (Å²) in [5, 5.41) is 3.04. The van der Waals surface area contributed by atoms with Crippen LogP contribution in [-0.2, 0) is 4.79 Å². The molecular formula is C12H20N4O. The van der Waals surface area contributed by atoms with Crippen LogP contribution in [0, 0.1) is 6.92 Å². The molecule has 1 rings (SSSR count). The monoisotopic (exact) mass is 236 g/mol. The highest BCUT2D eigenvalue weighted by Crippen LogP contribution is 2.16. The average Bonchev–Trinajstić information content (AvgIpc) is 2.31. The fourth-order valence-electron chi connectivity index (χ4n) is 1.44. The Bertz CT molecular complexity index is 405. The molecule has 94 valence electrons. The van der Waals surface area contributed by atoms with Gasteiger partial charge in [0.25, 0.3) is 0 Å². The van der Waals surface area contributed by atoms with E-state index in [0.717, 1.165) is 5.69 Å². The van der Waals surface area contributed by atoms with Crippen LogP contribution in [-0.4, -0.2) is 35.4 Å². The van der Waals surface area contributed by atoms with E-state index in [1.54, 1.807) is 24.9 Å². The van der Waals surface area contributed by atoms with Crippen molar-refractivity contribution in [1.29, 1.82) is 0 Å². The third-order valence-corrected chi connectivity index (χ3v) is 2.64. The van der Waals surface area contributed by atoms with Crippen LogP contribution in [0.3, 0.4) is 0 Å². The number of nitrogen functional groups attached to an aromatic ring is 1. The summed E-state index contributed by atoms with van der Waals surface area (Å²) < 4.78 is 0. The molecule has 1 heterocycles. The third kappa shape index (κ3) is 3.34. The second-order valence-electron chi connectivity index (χ2n) is 4.11. The molecule has 1 aromatic heterocycles. The first-order valence-electron chi connectivity index (χ1n) is 5.70. The van der Waals surface area contributed by atoms with Crippen molar-refractivity contribution >= 4 is 17.4 Å². The lowest BCUT2D eigenvalue weighted by molar-refractivity contribution is -0.130. The van der Waals surface area contributed by atoms with E-state index >= 15 is 0 Å². The number of rotatable bonds is 4. The predicted molar refractivity (Wildman–Crippen MR) is 69.8 cm³/mol. The summed E-state index contributed by atoms with van der Waals surface area (Å²) in [5.41, 5.74) is 7.21. The van der Waals surface area contributed by atoms with Gasteiger partial charge in [0.1, 0.15) is 11.9 Å². The number of nitrogens with zero attached hydrogens (tertiary/aromatic N) is 2. The number of hydrogen-bond donors (Lipinski definition) is 2. The van der Waals surface area contributed by atoms with Crippen molar-refractivity contribution in [2.24, 2.45) is 0 Å². The van der Waals surface area contributed by atoms with E-state index in [2.05, 4.69) is 10.3 Å². The number of nitrogens with one attached hydrogen (secondary N) is 1. The highest BCUT2D eigenvalue weighted by Gasteiger charge is 2.17. The molecule has 17 heavy (non-hydrogen) atoms. The highest BCUT2D eigenvalue weighted by molar-refractivity contribution is 5.84. The van der Waals surface area contributed by atoms with Gasteiger partial charge in [-0.1, -0.05) is 0 Å². The zero-order valence-corrected chi connectivity index (χ0v) is 10.8. The minimum absolute atomic E-state index is 0.0233. The molecule has 1 aromatic rings. The molecule has 0 aliphatic carbocycles. The standard InChI is InChI=1S/C12H20N4O/c1-5-16(4)12(17)9(3)15-11-10(13)7-6-8(2)14-11/h6-7,9H,5,13H2,1-4H3,(H,14,15). The van der Waals surface area contributed by atoms with Gasteiger partial charge in [-0.15, -0.1) is 0 Å². The van der Waals surface area contributed by atoms with Gasteiger partial charge >= 0.3 is 0 Å². The fraction of sp³-hybridized carbons (Fsp3) is 0.500. The van der Waals surface area contributed by atoms with Crippen LogP contribution in [0.15, 0.2) is 12.1 Å². The van der Waals surface area contributed by atoms with E-state index in [1.807, 2.05) is 19.9 Å². The van der Waals surface area contributed by atoms with Crippen molar-refractivity contribution in [3.8, 4) is 0 Å². The van der Waals surface area contributed by atoms with Gasteiger partial charge in [0.2, 0.25) is 5.91 Å². The Kier molecular flexibility index (Phi) is 4.31. The molecule has 0 aliphatic rings. The highest BCUT2D eigenvalue weighted by atomic mass is 16.2. The van der Waals surface area contributed by atoms with E-state index in [9.17, 15) is 4.79 Å². The minimum atomic E-state index is -0.337. The molecule has 0 saturated carbocycles. The van der Waals surface area contributed by atoms with E-state index in [4.69, 9.17) is 5.73 Å². The van der Waals surface area contributed by atoms with Gasteiger partial charge in [-0.05, 0) is 32.9 Å². The molecule has 0 radical (unpaired) electrons. The fourth-order valence-corrected chi connectivity index (χ4v) is 1.44. The van der Waals surface area contributed by atoms with Gasteiger partial charge in [-0.25, -0.2) is 4.98 Å². The van der Waals surface area contributed by atoms with Crippen LogP contribution >= 0.6 is 0 Å². The van der Waals surface area contributed by atoms with Gasteiger partial charge in [0, 0.05) is 19.3 Å². The maximum Gasteiger partial charge on any atom is 0.244 e. The van der Waals surface area contributed by atoms with E-state index in [-0.39, 0.29) is 11.9 Å². The minimum Gasteiger partial charge on any atom is -0.396 e. The normalized spacial score (nSPS) is 12.0. The summed E-state index contributed by atoms with van der Waals surface area (Å²) in [6.07, 6.45) is 0. The Hall–Kier alpha value is -1.78. The smallest absolute Gasteiger partial charge is 0.244 e. The molecular weight excluding hydrogens is 216 g/mol. The zero-order valence-electron chi connectivity index (χ0n) is 10.8. The molecule has 5 heteroatoms. The SMILES string of the molecule is CCN(C)C(=O)C(C)Nc1nc(C)ccc1N. The maximum atomic E-state index is 11.9. The Morgan fingerprint density at radius 2 is 2.24 bits per heavy atom.